The molecule has 1 aliphatic heterocycles. The first-order valence-corrected chi connectivity index (χ1v) is 9.21. The number of hydrogen-bond acceptors (Lipinski definition) is 2. The van der Waals surface area contributed by atoms with Gasteiger partial charge in [-0.15, -0.1) is 11.8 Å². The molecule has 3 rings (SSSR count). The zero-order chi connectivity index (χ0) is 16.1. The Hall–Kier alpha value is -1.74. The van der Waals surface area contributed by atoms with Crippen LogP contribution in [0.15, 0.2) is 65.6 Å². The van der Waals surface area contributed by atoms with Crippen LogP contribution in [0.4, 0.5) is 0 Å². The average Bonchev–Trinajstić information content (AvgIpc) is 2.61. The number of rotatable bonds is 4. The molecule has 0 spiro atoms. The van der Waals surface area contributed by atoms with E-state index < -0.39 is 0 Å². The number of amides is 1. The van der Waals surface area contributed by atoms with Crippen molar-refractivity contribution in [2.24, 2.45) is 0 Å². The van der Waals surface area contributed by atoms with E-state index in [1.165, 1.54) is 6.42 Å². The topological polar surface area (TPSA) is 20.3 Å². The molecule has 0 bridgehead atoms. The van der Waals surface area contributed by atoms with Gasteiger partial charge in [-0.2, -0.15) is 0 Å². The first-order chi connectivity index (χ1) is 11.3. The second-order valence-corrected chi connectivity index (χ2v) is 7.28. The van der Waals surface area contributed by atoms with Crippen molar-refractivity contribution in [3.8, 4) is 0 Å². The van der Waals surface area contributed by atoms with E-state index in [9.17, 15) is 4.79 Å². The molecule has 0 N–H and O–H groups in total. The maximum absolute atomic E-state index is 13.2. The maximum Gasteiger partial charge on any atom is 0.240 e. The van der Waals surface area contributed by atoms with Crippen LogP contribution in [0.1, 0.15) is 37.0 Å². The van der Waals surface area contributed by atoms with Crippen molar-refractivity contribution < 1.29 is 4.79 Å². The summed E-state index contributed by atoms with van der Waals surface area (Å²) in [6.45, 7) is 3.06. The van der Waals surface area contributed by atoms with Gasteiger partial charge in [-0.05, 0) is 43.9 Å². The number of thioether (sulfide) groups is 1. The van der Waals surface area contributed by atoms with Crippen molar-refractivity contribution in [1.29, 1.82) is 0 Å². The Kier molecular flexibility index (Phi) is 5.39. The van der Waals surface area contributed by atoms with Gasteiger partial charge in [0.2, 0.25) is 5.91 Å². The average molecular weight is 325 g/mol. The summed E-state index contributed by atoms with van der Waals surface area (Å²) in [5.74, 6) is 0.247. The van der Waals surface area contributed by atoms with Gasteiger partial charge in [0.05, 0.1) is 0 Å². The molecule has 0 aliphatic carbocycles. The second-order valence-electron chi connectivity index (χ2n) is 6.10. The van der Waals surface area contributed by atoms with E-state index in [1.54, 1.807) is 11.8 Å². The van der Waals surface area contributed by atoms with E-state index in [4.69, 9.17) is 0 Å². The van der Waals surface area contributed by atoms with Crippen LogP contribution >= 0.6 is 11.8 Å². The summed E-state index contributed by atoms with van der Waals surface area (Å²) in [5.41, 5.74) is 1.09. The van der Waals surface area contributed by atoms with Gasteiger partial charge in [-0.3, -0.25) is 4.79 Å². The smallest absolute Gasteiger partial charge is 0.240 e. The molecule has 0 aromatic heterocycles. The van der Waals surface area contributed by atoms with E-state index in [-0.39, 0.29) is 11.2 Å². The number of hydrogen-bond donors (Lipinski definition) is 0. The number of benzene rings is 2. The number of piperidine rings is 1. The minimum Gasteiger partial charge on any atom is -0.339 e. The Labute approximate surface area is 142 Å². The molecule has 120 valence electrons. The van der Waals surface area contributed by atoms with E-state index in [0.717, 1.165) is 29.8 Å². The Morgan fingerprint density at radius 2 is 1.70 bits per heavy atom. The van der Waals surface area contributed by atoms with E-state index in [2.05, 4.69) is 36.1 Å². The van der Waals surface area contributed by atoms with Crippen molar-refractivity contribution in [1.82, 2.24) is 4.90 Å². The van der Waals surface area contributed by atoms with Gasteiger partial charge in [0.15, 0.2) is 0 Å². The Morgan fingerprint density at radius 1 is 1.04 bits per heavy atom. The normalized spacial score (nSPS) is 19.3. The molecule has 2 aromatic rings. The van der Waals surface area contributed by atoms with E-state index >= 15 is 0 Å². The molecule has 2 aromatic carbocycles. The van der Waals surface area contributed by atoms with Crippen LogP contribution < -0.4 is 0 Å². The lowest BCUT2D eigenvalue weighted by Crippen LogP contribution is -2.43. The predicted molar refractivity (Wildman–Crippen MR) is 96.5 cm³/mol. The van der Waals surface area contributed by atoms with Crippen LogP contribution in [0.5, 0.6) is 0 Å². The van der Waals surface area contributed by atoms with Gasteiger partial charge in [-0.25, -0.2) is 0 Å². The van der Waals surface area contributed by atoms with Gasteiger partial charge in [-0.1, -0.05) is 48.5 Å². The third kappa shape index (κ3) is 3.97. The molecular formula is C20H23NOS. The highest BCUT2D eigenvalue weighted by molar-refractivity contribution is 8.00. The minimum atomic E-state index is -0.167. The second kappa shape index (κ2) is 7.69. The number of carbonyl (C=O) groups is 1. The monoisotopic (exact) mass is 325 g/mol. The highest BCUT2D eigenvalue weighted by Crippen LogP contribution is 2.37. The van der Waals surface area contributed by atoms with Crippen LogP contribution in [-0.4, -0.2) is 23.4 Å². The molecule has 1 saturated heterocycles. The van der Waals surface area contributed by atoms with Crippen molar-refractivity contribution in [2.75, 3.05) is 6.54 Å². The van der Waals surface area contributed by atoms with E-state index in [0.29, 0.717) is 6.04 Å². The zero-order valence-electron chi connectivity index (χ0n) is 13.5. The molecule has 0 unspecified atom stereocenters. The molecule has 0 saturated carbocycles. The summed E-state index contributed by atoms with van der Waals surface area (Å²) in [6, 6.07) is 20.7. The van der Waals surface area contributed by atoms with Crippen molar-refractivity contribution in [3.63, 3.8) is 0 Å². The van der Waals surface area contributed by atoms with Crippen LogP contribution in [0.3, 0.4) is 0 Å². The lowest BCUT2D eigenvalue weighted by molar-refractivity contribution is -0.133. The van der Waals surface area contributed by atoms with Gasteiger partial charge < -0.3 is 4.90 Å². The SMILES string of the molecule is C[C@@H]1CCCCN1C(=O)[C@H](Sc1ccccc1)c1ccccc1. The summed E-state index contributed by atoms with van der Waals surface area (Å²) >= 11 is 1.65. The lowest BCUT2D eigenvalue weighted by Gasteiger charge is -2.36. The molecule has 1 amide bonds. The first-order valence-electron chi connectivity index (χ1n) is 8.33. The third-order valence-electron chi connectivity index (χ3n) is 4.41. The largest absolute Gasteiger partial charge is 0.339 e. The zero-order valence-corrected chi connectivity index (χ0v) is 14.3. The van der Waals surface area contributed by atoms with Crippen LogP contribution in [0.2, 0.25) is 0 Å². The fraction of sp³-hybridized carbons (Fsp3) is 0.350. The standard InChI is InChI=1S/C20H23NOS/c1-16-10-8-9-15-21(16)20(22)19(17-11-4-2-5-12-17)23-18-13-6-3-7-14-18/h2-7,11-14,16,19H,8-10,15H2,1H3/t16-,19-/m1/s1. The number of likely N-dealkylation sites (tertiary alicyclic amines) is 1. The highest BCUT2D eigenvalue weighted by atomic mass is 32.2. The van der Waals surface area contributed by atoms with Crippen LogP contribution in [-0.2, 0) is 4.79 Å². The van der Waals surface area contributed by atoms with Crippen molar-refractivity contribution in [3.05, 3.63) is 66.2 Å². The lowest BCUT2D eigenvalue weighted by atomic mass is 10.0. The quantitative estimate of drug-likeness (QED) is 0.744. The van der Waals surface area contributed by atoms with Gasteiger partial charge in [0.25, 0.3) is 0 Å². The summed E-state index contributed by atoms with van der Waals surface area (Å²) in [7, 11) is 0. The molecule has 3 heteroatoms. The van der Waals surface area contributed by atoms with Gasteiger partial charge >= 0.3 is 0 Å². The fourth-order valence-corrected chi connectivity index (χ4v) is 4.22. The van der Waals surface area contributed by atoms with Crippen LogP contribution in [0, 0.1) is 0 Å². The molecule has 0 radical (unpaired) electrons. The predicted octanol–water partition coefficient (Wildman–Crippen LogP) is 4.92. The van der Waals surface area contributed by atoms with Gasteiger partial charge in [0, 0.05) is 17.5 Å². The molecule has 2 nitrogen and oxygen atoms in total. The number of carbonyl (C=O) groups excluding carboxylic acids is 1. The van der Waals surface area contributed by atoms with E-state index in [1.807, 2.05) is 36.4 Å². The maximum atomic E-state index is 13.2. The van der Waals surface area contributed by atoms with Crippen molar-refractivity contribution >= 4 is 17.7 Å². The summed E-state index contributed by atoms with van der Waals surface area (Å²) in [4.78, 5) is 16.4. The minimum absolute atomic E-state index is 0.167. The Morgan fingerprint density at radius 3 is 2.35 bits per heavy atom. The molecule has 1 heterocycles. The molecule has 1 fully saturated rings. The fourth-order valence-electron chi connectivity index (χ4n) is 3.10. The molecular weight excluding hydrogens is 302 g/mol. The van der Waals surface area contributed by atoms with Crippen molar-refractivity contribution in [2.45, 2.75) is 42.4 Å². The van der Waals surface area contributed by atoms with Gasteiger partial charge in [0.1, 0.15) is 5.25 Å². The summed E-state index contributed by atoms with van der Waals surface area (Å²) < 4.78 is 0. The Bertz CT molecular complexity index is 629. The molecule has 23 heavy (non-hydrogen) atoms. The summed E-state index contributed by atoms with van der Waals surface area (Å²) in [6.07, 6.45) is 3.46. The highest BCUT2D eigenvalue weighted by Gasteiger charge is 2.31. The molecule has 2 atom stereocenters. The first kappa shape index (κ1) is 16.1. The Balaban J connectivity index is 1.87. The number of nitrogens with zero attached hydrogens (tertiary/aromatic N) is 1. The summed E-state index contributed by atoms with van der Waals surface area (Å²) in [5, 5.41) is -0.167. The molecule has 1 aliphatic rings. The van der Waals surface area contributed by atoms with Crippen LogP contribution in [0.25, 0.3) is 0 Å². The third-order valence-corrected chi connectivity index (χ3v) is 5.66.